The molecule has 0 aliphatic rings. The summed E-state index contributed by atoms with van der Waals surface area (Å²) in [4.78, 5) is 6.91. The summed E-state index contributed by atoms with van der Waals surface area (Å²) in [5.74, 6) is 0.877. The van der Waals surface area contributed by atoms with Gasteiger partial charge in [-0.15, -0.1) is 11.3 Å². The van der Waals surface area contributed by atoms with Gasteiger partial charge in [-0.3, -0.25) is 4.90 Å². The minimum absolute atomic E-state index is 0.509. The van der Waals surface area contributed by atoms with Gasteiger partial charge in [0.15, 0.2) is 0 Å². The fraction of sp³-hybridized carbons (Fsp3) is 0.250. The van der Waals surface area contributed by atoms with E-state index in [2.05, 4.69) is 41.4 Å². The molecule has 0 unspecified atom stereocenters. The molecule has 0 amide bonds. The topological polar surface area (TPSA) is 25.4 Å². The van der Waals surface area contributed by atoms with Crippen LogP contribution in [0.1, 0.15) is 21.8 Å². The van der Waals surface area contributed by atoms with Crippen molar-refractivity contribution in [1.29, 1.82) is 0 Å². The normalized spacial score (nSPS) is 11.0. The molecule has 0 radical (unpaired) electrons. The Morgan fingerprint density at radius 2 is 1.76 bits per heavy atom. The Balaban J connectivity index is 1.50. The summed E-state index contributed by atoms with van der Waals surface area (Å²) in [7, 11) is 2.09. The number of ether oxygens (including phenoxy) is 1. The van der Waals surface area contributed by atoms with Crippen LogP contribution in [-0.2, 0) is 19.7 Å². The first-order valence-electron chi connectivity index (χ1n) is 8.14. The first-order chi connectivity index (χ1) is 12.1. The molecule has 1 aromatic heterocycles. The number of aromatic nitrogens is 1. The first-order valence-corrected chi connectivity index (χ1v) is 9.40. The number of hydrogen-bond acceptors (Lipinski definition) is 4. The van der Waals surface area contributed by atoms with Crippen LogP contribution in [0.3, 0.4) is 0 Å². The van der Waals surface area contributed by atoms with Crippen molar-refractivity contribution in [2.75, 3.05) is 7.05 Å². The third kappa shape index (κ3) is 5.56. The molecule has 25 heavy (non-hydrogen) atoms. The minimum atomic E-state index is 0.509. The fourth-order valence-electron chi connectivity index (χ4n) is 2.50. The Hall–Kier alpha value is -1.88. The summed E-state index contributed by atoms with van der Waals surface area (Å²) in [6, 6.07) is 16.0. The van der Waals surface area contributed by atoms with Crippen LogP contribution in [0.4, 0.5) is 0 Å². The maximum atomic E-state index is 5.93. The van der Waals surface area contributed by atoms with E-state index in [1.165, 1.54) is 11.1 Å². The molecular weight excluding hydrogens is 352 g/mol. The summed E-state index contributed by atoms with van der Waals surface area (Å²) in [5.41, 5.74) is 3.54. The van der Waals surface area contributed by atoms with Gasteiger partial charge in [0.25, 0.3) is 0 Å². The lowest BCUT2D eigenvalue weighted by Gasteiger charge is -2.15. The molecule has 0 fully saturated rings. The number of thiazole rings is 1. The van der Waals surface area contributed by atoms with E-state index >= 15 is 0 Å². The van der Waals surface area contributed by atoms with Crippen LogP contribution in [0.2, 0.25) is 5.02 Å². The van der Waals surface area contributed by atoms with Crippen molar-refractivity contribution < 1.29 is 4.74 Å². The molecule has 130 valence electrons. The van der Waals surface area contributed by atoms with Crippen LogP contribution in [-0.4, -0.2) is 16.9 Å². The molecule has 3 rings (SSSR count). The van der Waals surface area contributed by atoms with Gasteiger partial charge in [-0.1, -0.05) is 41.4 Å². The van der Waals surface area contributed by atoms with E-state index in [0.29, 0.717) is 6.61 Å². The van der Waals surface area contributed by atoms with Crippen molar-refractivity contribution in [3.63, 3.8) is 0 Å². The Bertz CT molecular complexity index is 799. The molecule has 0 saturated heterocycles. The zero-order valence-electron chi connectivity index (χ0n) is 14.4. The fourth-order valence-corrected chi connectivity index (χ4v) is 3.32. The largest absolute Gasteiger partial charge is 0.486 e. The number of benzene rings is 2. The monoisotopic (exact) mass is 372 g/mol. The molecule has 3 aromatic rings. The highest BCUT2D eigenvalue weighted by atomic mass is 35.5. The SMILES string of the molecule is Cc1ccc(OCc2nc(CN(C)Cc3ccc(Cl)cc3)cs2)cc1. The van der Waals surface area contributed by atoms with Gasteiger partial charge < -0.3 is 4.74 Å². The molecule has 5 heteroatoms. The summed E-state index contributed by atoms with van der Waals surface area (Å²) in [6.07, 6.45) is 0. The highest BCUT2D eigenvalue weighted by Gasteiger charge is 2.07. The lowest BCUT2D eigenvalue weighted by molar-refractivity contribution is 0.301. The highest BCUT2D eigenvalue weighted by molar-refractivity contribution is 7.09. The van der Waals surface area contributed by atoms with Gasteiger partial charge in [0.1, 0.15) is 17.4 Å². The second kappa shape index (κ2) is 8.48. The maximum absolute atomic E-state index is 5.93. The summed E-state index contributed by atoms with van der Waals surface area (Å²) < 4.78 is 5.79. The zero-order chi connectivity index (χ0) is 17.6. The second-order valence-electron chi connectivity index (χ2n) is 6.13. The van der Waals surface area contributed by atoms with Crippen molar-refractivity contribution in [3.8, 4) is 5.75 Å². The maximum Gasteiger partial charge on any atom is 0.140 e. The minimum Gasteiger partial charge on any atom is -0.486 e. The van der Waals surface area contributed by atoms with Crippen LogP contribution in [0.25, 0.3) is 0 Å². The number of hydrogen-bond donors (Lipinski definition) is 0. The number of rotatable bonds is 7. The molecule has 0 atom stereocenters. The molecule has 0 spiro atoms. The molecule has 2 aromatic carbocycles. The molecule has 1 heterocycles. The standard InChI is InChI=1S/C20H21ClN2OS/c1-15-3-9-19(10-4-15)24-13-20-22-18(14-25-20)12-23(2)11-16-5-7-17(21)8-6-16/h3-10,14H,11-13H2,1-2H3. The number of aryl methyl sites for hydroxylation is 1. The molecule has 0 bridgehead atoms. The van der Waals surface area contributed by atoms with E-state index in [4.69, 9.17) is 16.3 Å². The van der Waals surface area contributed by atoms with E-state index in [1.54, 1.807) is 11.3 Å². The summed E-state index contributed by atoms with van der Waals surface area (Å²) >= 11 is 7.57. The zero-order valence-corrected chi connectivity index (χ0v) is 16.0. The highest BCUT2D eigenvalue weighted by Crippen LogP contribution is 2.17. The van der Waals surface area contributed by atoms with Gasteiger partial charge in [0, 0.05) is 23.5 Å². The van der Waals surface area contributed by atoms with Crippen molar-refractivity contribution in [1.82, 2.24) is 9.88 Å². The van der Waals surface area contributed by atoms with Crippen LogP contribution < -0.4 is 4.74 Å². The van der Waals surface area contributed by atoms with Gasteiger partial charge in [-0.05, 0) is 43.8 Å². The van der Waals surface area contributed by atoms with Crippen LogP contribution >= 0.6 is 22.9 Å². The van der Waals surface area contributed by atoms with Crippen molar-refractivity contribution in [2.24, 2.45) is 0 Å². The first kappa shape index (κ1) is 17.9. The van der Waals surface area contributed by atoms with Crippen molar-refractivity contribution >= 4 is 22.9 Å². The Morgan fingerprint density at radius 3 is 2.48 bits per heavy atom. The van der Waals surface area contributed by atoms with Crippen molar-refractivity contribution in [3.05, 3.63) is 80.8 Å². The smallest absolute Gasteiger partial charge is 0.140 e. The third-order valence-corrected chi connectivity index (χ3v) is 4.90. The molecule has 3 nitrogen and oxygen atoms in total. The van der Waals surface area contributed by atoms with Crippen LogP contribution in [0.5, 0.6) is 5.75 Å². The van der Waals surface area contributed by atoms with E-state index in [-0.39, 0.29) is 0 Å². The lowest BCUT2D eigenvalue weighted by atomic mass is 10.2. The quantitative estimate of drug-likeness (QED) is 0.561. The van der Waals surface area contributed by atoms with Gasteiger partial charge >= 0.3 is 0 Å². The van der Waals surface area contributed by atoms with Crippen molar-refractivity contribution in [2.45, 2.75) is 26.6 Å². The van der Waals surface area contributed by atoms with Gasteiger partial charge in [0.2, 0.25) is 0 Å². The van der Waals surface area contributed by atoms with Gasteiger partial charge in [-0.25, -0.2) is 4.98 Å². The van der Waals surface area contributed by atoms with Gasteiger partial charge in [0.05, 0.1) is 5.69 Å². The molecular formula is C20H21ClN2OS. The predicted octanol–water partition coefficient (Wildman–Crippen LogP) is 5.32. The average molecular weight is 373 g/mol. The number of nitrogens with zero attached hydrogens (tertiary/aromatic N) is 2. The Labute approximate surface area is 157 Å². The molecule has 0 saturated carbocycles. The van der Waals surface area contributed by atoms with Crippen LogP contribution in [0.15, 0.2) is 53.9 Å². The summed E-state index contributed by atoms with van der Waals surface area (Å²) in [6.45, 7) is 4.25. The molecule has 0 N–H and O–H groups in total. The van der Waals surface area contributed by atoms with Gasteiger partial charge in [-0.2, -0.15) is 0 Å². The van der Waals surface area contributed by atoms with E-state index < -0.39 is 0 Å². The molecule has 0 aliphatic heterocycles. The second-order valence-corrected chi connectivity index (χ2v) is 7.51. The Kier molecular flexibility index (Phi) is 6.08. The third-order valence-electron chi connectivity index (χ3n) is 3.78. The summed E-state index contributed by atoms with van der Waals surface area (Å²) in [5, 5.41) is 3.87. The van der Waals surface area contributed by atoms with E-state index in [1.807, 2.05) is 36.4 Å². The molecule has 0 aliphatic carbocycles. The number of halogens is 1. The lowest BCUT2D eigenvalue weighted by Crippen LogP contribution is -2.17. The van der Waals surface area contributed by atoms with Crippen LogP contribution in [0, 0.1) is 6.92 Å². The van der Waals surface area contributed by atoms with E-state index in [0.717, 1.165) is 34.6 Å². The average Bonchev–Trinajstić information content (AvgIpc) is 3.04. The Morgan fingerprint density at radius 1 is 1.04 bits per heavy atom. The van der Waals surface area contributed by atoms with E-state index in [9.17, 15) is 0 Å². The predicted molar refractivity (Wildman–Crippen MR) is 104 cm³/mol.